The second-order valence-corrected chi connectivity index (χ2v) is 7.84. The van der Waals surface area contributed by atoms with Gasteiger partial charge in [0.05, 0.1) is 0 Å². The Bertz CT molecular complexity index is 574. The lowest BCUT2D eigenvalue weighted by Crippen LogP contribution is -2.38. The van der Waals surface area contributed by atoms with E-state index >= 15 is 0 Å². The highest BCUT2D eigenvalue weighted by Gasteiger charge is 2.28. The number of sulfonamides is 1. The molecule has 1 fully saturated rings. The minimum absolute atomic E-state index is 0.155. The molecular weight excluding hydrogens is 292 g/mol. The zero-order valence-electron chi connectivity index (χ0n) is 12.9. The van der Waals surface area contributed by atoms with Gasteiger partial charge in [-0.25, -0.2) is 12.7 Å². The van der Waals surface area contributed by atoms with Gasteiger partial charge < -0.3 is 14.4 Å². The number of aliphatic hydroxyl groups is 1. The summed E-state index contributed by atoms with van der Waals surface area (Å²) in [6.07, 6.45) is 2.03. The van der Waals surface area contributed by atoms with Crippen molar-refractivity contribution in [2.45, 2.75) is 31.3 Å². The third-order valence-electron chi connectivity index (χ3n) is 4.12. The SMILES string of the molecule is Cc1oc(CO)cc1S(=O)(=O)N(C)CC1CCN(C)CC1. The second kappa shape index (κ2) is 6.48. The molecule has 0 spiro atoms. The van der Waals surface area contributed by atoms with E-state index in [-0.39, 0.29) is 17.3 Å². The Balaban J connectivity index is 2.09. The number of nitrogens with zero attached hydrogens (tertiary/aromatic N) is 2. The lowest BCUT2D eigenvalue weighted by molar-refractivity contribution is 0.202. The molecule has 6 nitrogen and oxygen atoms in total. The molecule has 1 aliphatic heterocycles. The van der Waals surface area contributed by atoms with E-state index in [9.17, 15) is 8.42 Å². The van der Waals surface area contributed by atoms with Crippen LogP contribution in [-0.2, 0) is 16.6 Å². The van der Waals surface area contributed by atoms with Crippen LogP contribution in [0.3, 0.4) is 0 Å². The smallest absolute Gasteiger partial charge is 0.246 e. The number of hydrogen-bond donors (Lipinski definition) is 1. The highest BCUT2D eigenvalue weighted by Crippen LogP contribution is 2.25. The topological polar surface area (TPSA) is 74.0 Å². The van der Waals surface area contributed by atoms with E-state index < -0.39 is 10.0 Å². The minimum atomic E-state index is -3.56. The molecule has 0 bridgehead atoms. The Morgan fingerprint density at radius 1 is 1.43 bits per heavy atom. The van der Waals surface area contributed by atoms with Gasteiger partial charge in [0.25, 0.3) is 0 Å². The normalized spacial score (nSPS) is 18.5. The van der Waals surface area contributed by atoms with E-state index in [1.54, 1.807) is 14.0 Å². The Labute approximate surface area is 126 Å². The predicted molar refractivity (Wildman–Crippen MR) is 79.4 cm³/mol. The number of aliphatic hydroxyl groups excluding tert-OH is 1. The van der Waals surface area contributed by atoms with Gasteiger partial charge in [-0.3, -0.25) is 0 Å². The molecular formula is C14H24N2O4S. The van der Waals surface area contributed by atoms with E-state index in [2.05, 4.69) is 11.9 Å². The molecule has 1 saturated heterocycles. The second-order valence-electron chi connectivity index (χ2n) is 5.82. The molecule has 0 unspecified atom stereocenters. The van der Waals surface area contributed by atoms with Crippen LogP contribution in [0, 0.1) is 12.8 Å². The number of rotatable bonds is 5. The summed E-state index contributed by atoms with van der Waals surface area (Å²) in [4.78, 5) is 2.42. The van der Waals surface area contributed by atoms with Gasteiger partial charge in [0.2, 0.25) is 10.0 Å². The van der Waals surface area contributed by atoms with Crippen molar-refractivity contribution < 1.29 is 17.9 Å². The molecule has 0 atom stereocenters. The van der Waals surface area contributed by atoms with Crippen LogP contribution in [-0.4, -0.2) is 56.5 Å². The molecule has 1 aromatic heterocycles. The van der Waals surface area contributed by atoms with Gasteiger partial charge in [-0.1, -0.05) is 0 Å². The monoisotopic (exact) mass is 316 g/mol. The van der Waals surface area contributed by atoms with Crippen molar-refractivity contribution in [1.29, 1.82) is 0 Å². The maximum atomic E-state index is 12.6. The van der Waals surface area contributed by atoms with Crippen molar-refractivity contribution in [2.24, 2.45) is 5.92 Å². The minimum Gasteiger partial charge on any atom is -0.462 e. The third kappa shape index (κ3) is 3.66. The highest BCUT2D eigenvalue weighted by molar-refractivity contribution is 7.89. The Hall–Kier alpha value is -0.890. The van der Waals surface area contributed by atoms with Crippen molar-refractivity contribution in [3.05, 3.63) is 17.6 Å². The number of hydrogen-bond acceptors (Lipinski definition) is 5. The molecule has 1 aromatic rings. The van der Waals surface area contributed by atoms with Crippen LogP contribution in [0.4, 0.5) is 0 Å². The van der Waals surface area contributed by atoms with Gasteiger partial charge in [0.15, 0.2) is 0 Å². The van der Waals surface area contributed by atoms with E-state index in [1.807, 2.05) is 0 Å². The molecule has 0 saturated carbocycles. The fourth-order valence-corrected chi connectivity index (χ4v) is 4.16. The fourth-order valence-electron chi connectivity index (χ4n) is 2.73. The quantitative estimate of drug-likeness (QED) is 0.879. The Kier molecular flexibility index (Phi) is 5.08. The van der Waals surface area contributed by atoms with Gasteiger partial charge in [-0.15, -0.1) is 0 Å². The first kappa shape index (κ1) is 16.5. The van der Waals surface area contributed by atoms with Crippen LogP contribution in [0.2, 0.25) is 0 Å². The summed E-state index contributed by atoms with van der Waals surface area (Å²) in [5.41, 5.74) is 0. The first-order valence-corrected chi connectivity index (χ1v) is 8.63. The summed E-state index contributed by atoms with van der Waals surface area (Å²) in [6.45, 7) is 3.86. The molecule has 2 heterocycles. The van der Waals surface area contributed by atoms with Gasteiger partial charge in [-0.2, -0.15) is 0 Å². The zero-order valence-corrected chi connectivity index (χ0v) is 13.7. The van der Waals surface area contributed by atoms with E-state index in [4.69, 9.17) is 9.52 Å². The molecule has 1 N–H and O–H groups in total. The molecule has 120 valence electrons. The lowest BCUT2D eigenvalue weighted by Gasteiger charge is -2.31. The maximum absolute atomic E-state index is 12.6. The lowest BCUT2D eigenvalue weighted by atomic mass is 9.97. The molecule has 2 rings (SSSR count). The molecule has 1 aliphatic rings. The van der Waals surface area contributed by atoms with Crippen molar-refractivity contribution in [3.63, 3.8) is 0 Å². The van der Waals surface area contributed by atoms with Crippen molar-refractivity contribution in [2.75, 3.05) is 33.7 Å². The number of aryl methyl sites for hydroxylation is 1. The maximum Gasteiger partial charge on any atom is 0.246 e. The Morgan fingerprint density at radius 2 is 2.05 bits per heavy atom. The summed E-state index contributed by atoms with van der Waals surface area (Å²) < 4.78 is 31.8. The number of likely N-dealkylation sites (tertiary alicyclic amines) is 1. The zero-order chi connectivity index (χ0) is 15.6. The van der Waals surface area contributed by atoms with E-state index in [0.29, 0.717) is 18.2 Å². The molecule has 0 amide bonds. The van der Waals surface area contributed by atoms with Crippen molar-refractivity contribution >= 4 is 10.0 Å². The summed E-state index contributed by atoms with van der Waals surface area (Å²) in [7, 11) is 0.138. The van der Waals surface area contributed by atoms with Crippen molar-refractivity contribution in [3.8, 4) is 0 Å². The molecule has 21 heavy (non-hydrogen) atoms. The summed E-state index contributed by atoms with van der Waals surface area (Å²) in [5.74, 6) is 0.999. The average molecular weight is 316 g/mol. The van der Waals surface area contributed by atoms with E-state index in [1.165, 1.54) is 10.4 Å². The van der Waals surface area contributed by atoms with Gasteiger partial charge in [-0.05, 0) is 45.8 Å². The van der Waals surface area contributed by atoms with Crippen LogP contribution in [0.5, 0.6) is 0 Å². The van der Waals surface area contributed by atoms with Crippen LogP contribution >= 0.6 is 0 Å². The molecule has 0 aliphatic carbocycles. The van der Waals surface area contributed by atoms with Crippen molar-refractivity contribution in [1.82, 2.24) is 9.21 Å². The standard InChI is InChI=1S/C14H24N2O4S/c1-11-14(8-13(10-17)20-11)21(18,19)16(3)9-12-4-6-15(2)7-5-12/h8,12,17H,4-7,9-10H2,1-3H3. The fraction of sp³-hybridized carbons (Fsp3) is 0.714. The average Bonchev–Trinajstić information content (AvgIpc) is 2.83. The summed E-state index contributed by atoms with van der Waals surface area (Å²) >= 11 is 0. The van der Waals surface area contributed by atoms with Crippen LogP contribution in [0.1, 0.15) is 24.4 Å². The van der Waals surface area contributed by atoms with Crippen LogP contribution < -0.4 is 0 Å². The molecule has 0 aromatic carbocycles. The van der Waals surface area contributed by atoms with Crippen LogP contribution in [0.15, 0.2) is 15.4 Å². The van der Waals surface area contributed by atoms with Gasteiger partial charge in [0.1, 0.15) is 23.0 Å². The van der Waals surface area contributed by atoms with Gasteiger partial charge >= 0.3 is 0 Å². The first-order valence-electron chi connectivity index (χ1n) is 7.19. The summed E-state index contributed by atoms with van der Waals surface area (Å²) in [6, 6.07) is 1.41. The highest BCUT2D eigenvalue weighted by atomic mass is 32.2. The van der Waals surface area contributed by atoms with Gasteiger partial charge in [0, 0.05) is 19.7 Å². The number of furan rings is 1. The largest absolute Gasteiger partial charge is 0.462 e. The first-order chi connectivity index (χ1) is 9.84. The third-order valence-corrected chi connectivity index (χ3v) is 6.05. The van der Waals surface area contributed by atoms with Crippen LogP contribution in [0.25, 0.3) is 0 Å². The van der Waals surface area contributed by atoms with E-state index in [0.717, 1.165) is 25.9 Å². The Morgan fingerprint density at radius 3 is 2.57 bits per heavy atom. The summed E-state index contributed by atoms with van der Waals surface area (Å²) in [5, 5.41) is 9.06. The predicted octanol–water partition coefficient (Wildman–Crippen LogP) is 1.04. The number of piperidine rings is 1. The molecule has 7 heteroatoms. The molecule has 0 radical (unpaired) electrons.